The summed E-state index contributed by atoms with van der Waals surface area (Å²) in [6.07, 6.45) is 1.75. The zero-order valence-electron chi connectivity index (χ0n) is 15.8. The van der Waals surface area contributed by atoms with Gasteiger partial charge in [0.15, 0.2) is 6.67 Å². The molecule has 1 fully saturated rings. The van der Waals surface area contributed by atoms with Gasteiger partial charge in [0.2, 0.25) is 14.8 Å². The quantitative estimate of drug-likeness (QED) is 0.631. The Bertz CT molecular complexity index is 1140. The van der Waals surface area contributed by atoms with Crippen molar-refractivity contribution in [1.29, 1.82) is 0 Å². The highest BCUT2D eigenvalue weighted by Gasteiger charge is 2.30. The Morgan fingerprint density at radius 1 is 1.11 bits per heavy atom. The standard InChI is InChI=1S/C19H23N5O2S2/c1-2-22-14-20-24(19(22)27)15-21-9-11-23(12-10-21)28(25,26)18-8-7-16-5-3-4-6-17(16)13-18/h3-8,13-14H,2,9-12,15H2,1H3/p+1. The first-order valence-corrected chi connectivity index (χ1v) is 11.3. The molecule has 4 rings (SSSR count). The molecule has 0 saturated carbocycles. The molecule has 2 aromatic carbocycles. The molecule has 1 saturated heterocycles. The third-order valence-corrected chi connectivity index (χ3v) is 7.64. The second-order valence-corrected chi connectivity index (χ2v) is 9.32. The summed E-state index contributed by atoms with van der Waals surface area (Å²) in [7, 11) is -3.48. The molecule has 0 spiro atoms. The van der Waals surface area contributed by atoms with E-state index in [1.807, 2.05) is 46.5 Å². The SMILES string of the molecule is CCn1cnn(C[NH+]2CCN(S(=O)(=O)c3ccc4ccccc4c3)CC2)c1=S. The molecule has 1 aliphatic heterocycles. The number of hydrogen-bond acceptors (Lipinski definition) is 4. The molecule has 1 aliphatic rings. The Morgan fingerprint density at radius 3 is 2.50 bits per heavy atom. The van der Waals surface area contributed by atoms with Crippen LogP contribution in [0, 0.1) is 4.77 Å². The van der Waals surface area contributed by atoms with Gasteiger partial charge >= 0.3 is 0 Å². The zero-order chi connectivity index (χ0) is 19.7. The van der Waals surface area contributed by atoms with Crippen LogP contribution in [0.25, 0.3) is 10.8 Å². The van der Waals surface area contributed by atoms with E-state index >= 15 is 0 Å². The van der Waals surface area contributed by atoms with Gasteiger partial charge in [0.25, 0.3) is 0 Å². The van der Waals surface area contributed by atoms with Crippen LogP contribution < -0.4 is 4.90 Å². The molecular weight excluding hydrogens is 394 g/mol. The van der Waals surface area contributed by atoms with Crippen LogP contribution in [0.15, 0.2) is 53.7 Å². The van der Waals surface area contributed by atoms with Crippen LogP contribution in [0.4, 0.5) is 0 Å². The molecule has 9 heteroatoms. The molecule has 0 radical (unpaired) electrons. The summed E-state index contributed by atoms with van der Waals surface area (Å²) in [5, 5.41) is 6.33. The first kappa shape index (κ1) is 19.3. The summed E-state index contributed by atoms with van der Waals surface area (Å²) in [6, 6.07) is 13.1. The number of benzene rings is 2. The van der Waals surface area contributed by atoms with Crippen molar-refractivity contribution >= 4 is 33.0 Å². The van der Waals surface area contributed by atoms with Gasteiger partial charge in [0.05, 0.1) is 31.1 Å². The highest BCUT2D eigenvalue weighted by Crippen LogP contribution is 2.21. The Morgan fingerprint density at radius 2 is 1.82 bits per heavy atom. The van der Waals surface area contributed by atoms with E-state index in [2.05, 4.69) is 5.10 Å². The lowest BCUT2D eigenvalue weighted by Gasteiger charge is -2.31. The van der Waals surface area contributed by atoms with Crippen LogP contribution in [0.1, 0.15) is 6.92 Å². The lowest BCUT2D eigenvalue weighted by Crippen LogP contribution is -3.14. The number of rotatable bonds is 5. The van der Waals surface area contributed by atoms with Crippen molar-refractivity contribution in [1.82, 2.24) is 18.7 Å². The number of fused-ring (bicyclic) bond motifs is 1. The predicted octanol–water partition coefficient (Wildman–Crippen LogP) is 1.13. The number of aryl methyl sites for hydroxylation is 1. The first-order chi connectivity index (χ1) is 13.5. The van der Waals surface area contributed by atoms with Crippen LogP contribution in [-0.2, 0) is 23.2 Å². The van der Waals surface area contributed by atoms with Crippen molar-refractivity contribution in [3.05, 3.63) is 53.6 Å². The summed E-state index contributed by atoms with van der Waals surface area (Å²) in [4.78, 5) is 1.64. The number of piperazine rings is 1. The second-order valence-electron chi connectivity index (χ2n) is 7.02. The Kier molecular flexibility index (Phi) is 5.33. The molecule has 1 N–H and O–H groups in total. The lowest BCUT2D eigenvalue weighted by molar-refractivity contribution is -0.926. The van der Waals surface area contributed by atoms with Crippen LogP contribution in [-0.4, -0.2) is 53.2 Å². The zero-order valence-corrected chi connectivity index (χ0v) is 17.4. The number of nitrogens with one attached hydrogen (secondary N) is 1. The molecule has 148 valence electrons. The Hall–Kier alpha value is -2.07. The van der Waals surface area contributed by atoms with E-state index in [9.17, 15) is 8.42 Å². The van der Waals surface area contributed by atoms with E-state index in [1.54, 1.807) is 22.8 Å². The van der Waals surface area contributed by atoms with Gasteiger partial charge in [0.1, 0.15) is 6.33 Å². The van der Waals surface area contributed by atoms with Crippen LogP contribution in [0.5, 0.6) is 0 Å². The number of quaternary nitrogens is 1. The minimum atomic E-state index is -3.48. The first-order valence-electron chi connectivity index (χ1n) is 9.44. The molecule has 2 heterocycles. The summed E-state index contributed by atoms with van der Waals surface area (Å²) in [5.41, 5.74) is 0. The van der Waals surface area contributed by atoms with Gasteiger partial charge in [0, 0.05) is 6.54 Å². The number of hydrogen-bond donors (Lipinski definition) is 1. The van der Waals surface area contributed by atoms with Gasteiger partial charge in [-0.1, -0.05) is 30.3 Å². The Balaban J connectivity index is 1.46. The predicted molar refractivity (Wildman–Crippen MR) is 110 cm³/mol. The lowest BCUT2D eigenvalue weighted by atomic mass is 10.1. The fraction of sp³-hybridized carbons (Fsp3) is 0.368. The van der Waals surface area contributed by atoms with E-state index < -0.39 is 10.0 Å². The van der Waals surface area contributed by atoms with Gasteiger partial charge in [-0.2, -0.15) is 14.1 Å². The molecule has 0 bridgehead atoms. The van der Waals surface area contributed by atoms with Gasteiger partial charge in [-0.05, 0) is 42.0 Å². The highest BCUT2D eigenvalue weighted by atomic mass is 32.2. The largest absolute Gasteiger partial charge is 0.314 e. The van der Waals surface area contributed by atoms with Crippen LogP contribution >= 0.6 is 12.2 Å². The van der Waals surface area contributed by atoms with E-state index in [-0.39, 0.29) is 0 Å². The van der Waals surface area contributed by atoms with Crippen molar-refractivity contribution in [2.75, 3.05) is 26.2 Å². The molecule has 0 unspecified atom stereocenters. The van der Waals surface area contributed by atoms with E-state index in [0.29, 0.717) is 29.4 Å². The molecule has 0 atom stereocenters. The van der Waals surface area contributed by atoms with Crippen molar-refractivity contribution in [3.63, 3.8) is 0 Å². The van der Waals surface area contributed by atoms with Crippen molar-refractivity contribution in [3.8, 4) is 0 Å². The number of nitrogens with zero attached hydrogens (tertiary/aromatic N) is 4. The molecule has 3 aromatic rings. The average Bonchev–Trinajstić information content (AvgIpc) is 3.07. The molecular formula is C19H24N5O2S2+. The third-order valence-electron chi connectivity index (χ3n) is 5.30. The summed E-state index contributed by atoms with van der Waals surface area (Å²) in [5.74, 6) is 0. The summed E-state index contributed by atoms with van der Waals surface area (Å²) < 4.78 is 32.2. The highest BCUT2D eigenvalue weighted by molar-refractivity contribution is 7.89. The van der Waals surface area contributed by atoms with Gasteiger partial charge in [-0.25, -0.2) is 8.42 Å². The summed E-state index contributed by atoms with van der Waals surface area (Å²) in [6.45, 7) is 5.94. The molecule has 1 aromatic heterocycles. The molecule has 0 amide bonds. The smallest absolute Gasteiger partial charge is 0.243 e. The molecule has 28 heavy (non-hydrogen) atoms. The maximum atomic E-state index is 13.1. The van der Waals surface area contributed by atoms with Crippen molar-refractivity contribution in [2.24, 2.45) is 0 Å². The van der Waals surface area contributed by atoms with E-state index in [1.165, 1.54) is 4.90 Å². The van der Waals surface area contributed by atoms with E-state index in [0.717, 1.165) is 30.4 Å². The van der Waals surface area contributed by atoms with E-state index in [4.69, 9.17) is 12.2 Å². The monoisotopic (exact) mass is 418 g/mol. The van der Waals surface area contributed by atoms with Gasteiger partial charge in [-0.3, -0.25) is 0 Å². The van der Waals surface area contributed by atoms with Crippen LogP contribution in [0.2, 0.25) is 0 Å². The molecule has 0 aliphatic carbocycles. The van der Waals surface area contributed by atoms with Gasteiger partial charge in [-0.15, -0.1) is 0 Å². The minimum absolute atomic E-state index is 0.360. The van der Waals surface area contributed by atoms with Crippen LogP contribution in [0.3, 0.4) is 0 Å². The van der Waals surface area contributed by atoms with Crippen molar-refractivity contribution in [2.45, 2.75) is 25.0 Å². The topological polar surface area (TPSA) is 64.6 Å². The number of aromatic nitrogens is 3. The third kappa shape index (κ3) is 3.62. The maximum Gasteiger partial charge on any atom is 0.243 e. The second kappa shape index (κ2) is 7.75. The number of sulfonamides is 1. The Labute approximate surface area is 169 Å². The van der Waals surface area contributed by atoms with Crippen molar-refractivity contribution < 1.29 is 13.3 Å². The minimum Gasteiger partial charge on any atom is -0.314 e. The fourth-order valence-electron chi connectivity index (χ4n) is 3.59. The maximum absolute atomic E-state index is 13.1. The fourth-order valence-corrected chi connectivity index (χ4v) is 5.35. The summed E-state index contributed by atoms with van der Waals surface area (Å²) >= 11 is 5.42. The molecule has 7 nitrogen and oxygen atoms in total. The normalized spacial score (nSPS) is 16.6. The average molecular weight is 419 g/mol. The van der Waals surface area contributed by atoms with Gasteiger partial charge < -0.3 is 9.47 Å².